The molecule has 3 heterocycles. The van der Waals surface area contributed by atoms with Gasteiger partial charge in [0.05, 0.1) is 11.5 Å². The second-order valence-electron chi connectivity index (χ2n) is 7.46. The van der Waals surface area contributed by atoms with Gasteiger partial charge in [0.1, 0.15) is 23.9 Å². The Balaban J connectivity index is 1.91. The van der Waals surface area contributed by atoms with Crippen molar-refractivity contribution < 1.29 is 22.7 Å². The molecule has 1 atom stereocenters. The lowest BCUT2D eigenvalue weighted by Gasteiger charge is -2.28. The number of carbonyl (C=O) groups is 1. The van der Waals surface area contributed by atoms with Crippen molar-refractivity contribution in [3.63, 3.8) is 0 Å². The van der Waals surface area contributed by atoms with E-state index in [9.17, 15) is 23.2 Å². The van der Waals surface area contributed by atoms with Crippen LogP contribution in [0.15, 0.2) is 55.1 Å². The fourth-order valence-corrected chi connectivity index (χ4v) is 3.85. The van der Waals surface area contributed by atoms with Crippen LogP contribution in [0.3, 0.4) is 0 Å². The number of nitro groups is 1. The number of anilines is 2. The Morgan fingerprint density at radius 2 is 1.97 bits per heavy atom. The maximum Gasteiger partial charge on any atom is 0.330 e. The molecule has 0 bridgehead atoms. The normalized spacial score (nSPS) is 11.8. The van der Waals surface area contributed by atoms with Crippen molar-refractivity contribution in [3.05, 3.63) is 71.1 Å². The Kier molecular flexibility index (Phi) is 7.71. The molecule has 1 aromatic carbocycles. The summed E-state index contributed by atoms with van der Waals surface area (Å²) in [6, 6.07) is 5.88. The maximum atomic E-state index is 13.4. The third-order valence-electron chi connectivity index (χ3n) is 5.25. The van der Waals surface area contributed by atoms with Crippen LogP contribution in [0.25, 0.3) is 17.3 Å². The molecule has 0 aliphatic carbocycles. The van der Waals surface area contributed by atoms with E-state index in [2.05, 4.69) is 20.1 Å². The highest BCUT2D eigenvalue weighted by Crippen LogP contribution is 2.35. The molecule has 0 radical (unpaired) electrons. The van der Waals surface area contributed by atoms with Crippen molar-refractivity contribution in [1.82, 2.24) is 28.7 Å². The first-order valence-electron chi connectivity index (χ1n) is 11.0. The molecule has 0 N–H and O–H groups in total. The van der Waals surface area contributed by atoms with Crippen molar-refractivity contribution in [2.75, 3.05) is 11.5 Å². The standard InChI is InChI=1S/C22H20F2N8O4S/c1-3-16(21(33)36-4-2)31(18-9-11-30(28-18)37-24)20-17(32(34)35)13-26-22(27-20)29-12-10-25-19(29)14-5-7-15(23)8-6-14/h5-13,16H,3-4H2,1-2H3. The summed E-state index contributed by atoms with van der Waals surface area (Å²) in [6.07, 6.45) is 5.45. The second kappa shape index (κ2) is 11.1. The Bertz CT molecular complexity index is 1410. The van der Waals surface area contributed by atoms with E-state index >= 15 is 0 Å². The summed E-state index contributed by atoms with van der Waals surface area (Å²) < 4.78 is 34.2. The van der Waals surface area contributed by atoms with E-state index < -0.39 is 28.4 Å². The Labute approximate surface area is 213 Å². The van der Waals surface area contributed by atoms with Gasteiger partial charge in [0.15, 0.2) is 18.2 Å². The van der Waals surface area contributed by atoms with Crippen LogP contribution in [-0.4, -0.2) is 52.2 Å². The SMILES string of the molecule is CCOC(=O)C(CC)N(c1ccn(SF)n1)c1nc(-n2ccnc2-c2ccc(F)cc2)ncc1[N+](=O)[O-]. The number of aromatic nitrogens is 6. The molecule has 0 saturated carbocycles. The first-order valence-corrected chi connectivity index (χ1v) is 11.7. The topological polar surface area (TPSA) is 134 Å². The highest BCUT2D eigenvalue weighted by Gasteiger charge is 2.35. The number of imidazole rings is 1. The van der Waals surface area contributed by atoms with E-state index in [1.54, 1.807) is 13.8 Å². The Morgan fingerprint density at radius 1 is 1.22 bits per heavy atom. The number of hydrogen-bond acceptors (Lipinski definition) is 10. The number of benzene rings is 1. The van der Waals surface area contributed by atoms with Crippen LogP contribution >= 0.6 is 12.3 Å². The maximum absolute atomic E-state index is 13.4. The van der Waals surface area contributed by atoms with E-state index in [-0.39, 0.29) is 42.9 Å². The number of nitrogens with zero attached hydrogens (tertiary/aromatic N) is 8. The second-order valence-corrected chi connectivity index (χ2v) is 7.97. The lowest BCUT2D eigenvalue weighted by atomic mass is 10.2. The number of hydrogen-bond donors (Lipinski definition) is 0. The zero-order valence-electron chi connectivity index (χ0n) is 19.6. The zero-order valence-corrected chi connectivity index (χ0v) is 20.4. The largest absolute Gasteiger partial charge is 0.464 e. The molecular formula is C22H20F2N8O4S. The van der Waals surface area contributed by atoms with Crippen LogP contribution in [-0.2, 0) is 9.53 Å². The summed E-state index contributed by atoms with van der Waals surface area (Å²) in [7, 11) is 0. The first-order chi connectivity index (χ1) is 17.9. The predicted molar refractivity (Wildman–Crippen MR) is 130 cm³/mol. The predicted octanol–water partition coefficient (Wildman–Crippen LogP) is 4.43. The molecule has 12 nitrogen and oxygen atoms in total. The average Bonchev–Trinajstić information content (AvgIpc) is 3.57. The molecule has 0 saturated heterocycles. The van der Waals surface area contributed by atoms with Crippen molar-refractivity contribution >= 4 is 35.6 Å². The average molecular weight is 531 g/mol. The molecule has 3 aromatic heterocycles. The minimum absolute atomic E-state index is 0.0135. The molecule has 37 heavy (non-hydrogen) atoms. The minimum atomic E-state index is -1.08. The van der Waals surface area contributed by atoms with Gasteiger partial charge in [-0.3, -0.25) is 19.6 Å². The molecule has 192 valence electrons. The van der Waals surface area contributed by atoms with Gasteiger partial charge < -0.3 is 4.74 Å². The summed E-state index contributed by atoms with van der Waals surface area (Å²) in [5, 5.41) is 16.1. The fraction of sp³-hybridized carbons (Fsp3) is 0.227. The molecule has 0 amide bonds. The van der Waals surface area contributed by atoms with Gasteiger partial charge in [0.25, 0.3) is 0 Å². The summed E-state index contributed by atoms with van der Waals surface area (Å²) in [4.78, 5) is 38.2. The summed E-state index contributed by atoms with van der Waals surface area (Å²) in [5.74, 6) is -0.995. The molecular weight excluding hydrogens is 510 g/mol. The van der Waals surface area contributed by atoms with E-state index in [4.69, 9.17) is 4.74 Å². The third-order valence-corrected chi connectivity index (χ3v) is 5.59. The zero-order chi connectivity index (χ0) is 26.5. The summed E-state index contributed by atoms with van der Waals surface area (Å²) in [5.41, 5.74) is 0.0285. The van der Waals surface area contributed by atoms with Crippen LogP contribution < -0.4 is 4.90 Å². The fourth-order valence-electron chi connectivity index (χ4n) is 3.63. The number of ether oxygens (including phenoxy) is 1. The molecule has 15 heteroatoms. The third kappa shape index (κ3) is 5.25. The molecule has 0 aliphatic heterocycles. The Morgan fingerprint density at radius 3 is 2.59 bits per heavy atom. The van der Waals surface area contributed by atoms with Crippen molar-refractivity contribution in [2.24, 2.45) is 0 Å². The smallest absolute Gasteiger partial charge is 0.330 e. The van der Waals surface area contributed by atoms with Gasteiger partial charge in [0.2, 0.25) is 11.8 Å². The minimum Gasteiger partial charge on any atom is -0.464 e. The molecule has 0 aliphatic rings. The van der Waals surface area contributed by atoms with E-state index in [1.807, 2.05) is 0 Å². The number of rotatable bonds is 10. The van der Waals surface area contributed by atoms with Gasteiger partial charge >= 0.3 is 11.7 Å². The molecule has 4 aromatic rings. The van der Waals surface area contributed by atoms with Crippen LogP contribution in [0.5, 0.6) is 0 Å². The lowest BCUT2D eigenvalue weighted by molar-refractivity contribution is -0.384. The highest BCUT2D eigenvalue weighted by atomic mass is 32.2. The van der Waals surface area contributed by atoms with Gasteiger partial charge in [-0.15, -0.1) is 8.98 Å². The van der Waals surface area contributed by atoms with E-state index in [1.165, 1.54) is 58.4 Å². The Hall–Kier alpha value is -4.40. The number of carbonyl (C=O) groups excluding carboxylic acids is 1. The van der Waals surface area contributed by atoms with Gasteiger partial charge in [-0.05, 0) is 37.6 Å². The van der Waals surface area contributed by atoms with Crippen LogP contribution in [0, 0.1) is 15.9 Å². The molecule has 0 spiro atoms. The van der Waals surface area contributed by atoms with Crippen molar-refractivity contribution in [3.8, 4) is 17.3 Å². The van der Waals surface area contributed by atoms with Crippen molar-refractivity contribution in [2.45, 2.75) is 26.3 Å². The van der Waals surface area contributed by atoms with Gasteiger partial charge in [0, 0.05) is 30.2 Å². The molecule has 4 rings (SSSR count). The van der Waals surface area contributed by atoms with E-state index in [0.717, 1.165) is 10.3 Å². The quantitative estimate of drug-likeness (QED) is 0.165. The molecule has 0 fully saturated rings. The summed E-state index contributed by atoms with van der Waals surface area (Å²) in [6.45, 7) is 3.39. The van der Waals surface area contributed by atoms with Crippen LogP contribution in [0.4, 0.5) is 25.6 Å². The first kappa shape index (κ1) is 25.7. The van der Waals surface area contributed by atoms with Crippen LogP contribution in [0.2, 0.25) is 0 Å². The van der Waals surface area contributed by atoms with Gasteiger partial charge in [-0.2, -0.15) is 9.07 Å². The van der Waals surface area contributed by atoms with Gasteiger partial charge in [-0.25, -0.2) is 19.2 Å². The molecule has 1 unspecified atom stereocenters. The van der Waals surface area contributed by atoms with E-state index in [0.29, 0.717) is 11.4 Å². The summed E-state index contributed by atoms with van der Waals surface area (Å²) >= 11 is -0.191. The van der Waals surface area contributed by atoms with Crippen LogP contribution in [0.1, 0.15) is 20.3 Å². The number of esters is 1. The van der Waals surface area contributed by atoms with Gasteiger partial charge in [-0.1, -0.05) is 6.92 Å². The highest BCUT2D eigenvalue weighted by molar-refractivity contribution is 7.92. The lowest BCUT2D eigenvalue weighted by Crippen LogP contribution is -2.40. The van der Waals surface area contributed by atoms with Crippen molar-refractivity contribution in [1.29, 1.82) is 0 Å². The monoisotopic (exact) mass is 530 g/mol. The number of halogens is 2.